The number of carbonyl (C=O) groups excluding carboxylic acids is 1. The van der Waals surface area contributed by atoms with Crippen LogP contribution in [-0.2, 0) is 4.79 Å². The minimum atomic E-state index is 0.157. The van der Waals surface area contributed by atoms with Gasteiger partial charge in [-0.25, -0.2) is 0 Å². The molecule has 0 aromatic heterocycles. The Balaban J connectivity index is 2.72. The fourth-order valence-electron chi connectivity index (χ4n) is 0.815. The smallest absolute Gasteiger partial charge is 0.134 e. The molecular weight excluding hydrogens is 138 g/mol. The maximum atomic E-state index is 10.7. The van der Waals surface area contributed by atoms with Gasteiger partial charge < -0.3 is 0 Å². The van der Waals surface area contributed by atoms with E-state index in [1.807, 2.05) is 6.08 Å². The van der Waals surface area contributed by atoms with Gasteiger partial charge in [-0.05, 0) is 24.6 Å². The van der Waals surface area contributed by atoms with E-state index < -0.39 is 0 Å². The summed E-state index contributed by atoms with van der Waals surface area (Å²) in [5, 5.41) is 0. The number of ketones is 1. The maximum Gasteiger partial charge on any atom is 0.134 e. The van der Waals surface area contributed by atoms with Gasteiger partial charge in [0.1, 0.15) is 5.78 Å². The van der Waals surface area contributed by atoms with Crippen LogP contribution in [0.1, 0.15) is 13.3 Å². The number of hydrogen-bond donors (Lipinski definition) is 0. The SMILES string of the molecule is CC(=O)CC1=CC=NC=C=C1. The summed E-state index contributed by atoms with van der Waals surface area (Å²) >= 11 is 0. The van der Waals surface area contributed by atoms with E-state index in [4.69, 9.17) is 0 Å². The van der Waals surface area contributed by atoms with E-state index in [1.54, 1.807) is 25.4 Å². The molecule has 0 amide bonds. The lowest BCUT2D eigenvalue weighted by Gasteiger charge is -1.92. The zero-order valence-corrected chi connectivity index (χ0v) is 6.37. The van der Waals surface area contributed by atoms with Gasteiger partial charge in [0.2, 0.25) is 0 Å². The van der Waals surface area contributed by atoms with Crippen LogP contribution < -0.4 is 0 Å². The maximum absolute atomic E-state index is 10.7. The van der Waals surface area contributed by atoms with E-state index in [0.29, 0.717) is 6.42 Å². The molecule has 0 N–H and O–H groups in total. The molecule has 1 heterocycles. The second-order valence-corrected chi connectivity index (χ2v) is 2.36. The van der Waals surface area contributed by atoms with Crippen LogP contribution in [0.15, 0.2) is 34.6 Å². The summed E-state index contributed by atoms with van der Waals surface area (Å²) in [6.45, 7) is 1.57. The van der Waals surface area contributed by atoms with Gasteiger partial charge in [0.15, 0.2) is 0 Å². The summed E-state index contributed by atoms with van der Waals surface area (Å²) in [7, 11) is 0. The highest BCUT2D eigenvalue weighted by molar-refractivity contribution is 5.82. The zero-order chi connectivity index (χ0) is 8.10. The van der Waals surface area contributed by atoms with Crippen molar-refractivity contribution in [2.75, 3.05) is 0 Å². The summed E-state index contributed by atoms with van der Waals surface area (Å²) in [6.07, 6.45) is 7.29. The molecule has 1 aliphatic heterocycles. The molecule has 0 unspecified atom stereocenters. The summed E-state index contributed by atoms with van der Waals surface area (Å²) in [6, 6.07) is 0. The number of carbonyl (C=O) groups is 1. The molecule has 2 heteroatoms. The normalized spacial score (nSPS) is 14.5. The molecule has 0 aromatic rings. The van der Waals surface area contributed by atoms with Gasteiger partial charge in [0.25, 0.3) is 0 Å². The monoisotopic (exact) mass is 147 g/mol. The molecule has 0 bridgehead atoms. The van der Waals surface area contributed by atoms with Crippen molar-refractivity contribution in [1.82, 2.24) is 0 Å². The Morgan fingerprint density at radius 3 is 3.27 bits per heavy atom. The van der Waals surface area contributed by atoms with Crippen LogP contribution in [0, 0.1) is 0 Å². The van der Waals surface area contributed by atoms with Gasteiger partial charge >= 0.3 is 0 Å². The molecule has 0 aromatic carbocycles. The molecule has 0 saturated carbocycles. The lowest BCUT2D eigenvalue weighted by Crippen LogP contribution is -1.90. The number of hydrogen-bond acceptors (Lipinski definition) is 2. The first-order valence-corrected chi connectivity index (χ1v) is 3.42. The van der Waals surface area contributed by atoms with E-state index in [-0.39, 0.29) is 5.78 Å². The lowest BCUT2D eigenvalue weighted by atomic mass is 10.1. The van der Waals surface area contributed by atoms with Crippen molar-refractivity contribution in [3.8, 4) is 0 Å². The van der Waals surface area contributed by atoms with E-state index >= 15 is 0 Å². The van der Waals surface area contributed by atoms with Gasteiger partial charge in [-0.15, -0.1) is 5.73 Å². The first-order chi connectivity index (χ1) is 5.29. The van der Waals surface area contributed by atoms with Crippen molar-refractivity contribution < 1.29 is 4.79 Å². The van der Waals surface area contributed by atoms with E-state index in [9.17, 15) is 4.79 Å². The molecule has 0 spiro atoms. The zero-order valence-electron chi connectivity index (χ0n) is 6.37. The molecule has 2 nitrogen and oxygen atoms in total. The third-order valence-electron chi connectivity index (χ3n) is 1.25. The summed E-state index contributed by atoms with van der Waals surface area (Å²) in [5.74, 6) is 0.157. The average Bonchev–Trinajstić information content (AvgIpc) is 2.14. The largest absolute Gasteiger partial charge is 0.300 e. The molecule has 0 saturated heterocycles. The fraction of sp³-hybridized carbons (Fsp3) is 0.222. The predicted octanol–water partition coefficient (Wildman–Crippen LogP) is 1.65. The second-order valence-electron chi connectivity index (χ2n) is 2.36. The van der Waals surface area contributed by atoms with Crippen molar-refractivity contribution in [2.45, 2.75) is 13.3 Å². The Morgan fingerprint density at radius 2 is 2.55 bits per heavy atom. The summed E-state index contributed by atoms with van der Waals surface area (Å²) < 4.78 is 0. The molecule has 0 radical (unpaired) electrons. The lowest BCUT2D eigenvalue weighted by molar-refractivity contribution is -0.116. The topological polar surface area (TPSA) is 29.4 Å². The van der Waals surface area contributed by atoms with Crippen LogP contribution in [-0.4, -0.2) is 12.0 Å². The van der Waals surface area contributed by atoms with Crippen molar-refractivity contribution in [3.05, 3.63) is 29.7 Å². The number of nitrogens with zero attached hydrogens (tertiary/aromatic N) is 1. The minimum absolute atomic E-state index is 0.157. The fourth-order valence-corrected chi connectivity index (χ4v) is 0.815. The summed E-state index contributed by atoms with van der Waals surface area (Å²) in [5.41, 5.74) is 3.79. The number of Topliss-reactive ketones (excluding diaryl/α,β-unsaturated/α-hetero) is 1. The van der Waals surface area contributed by atoms with Gasteiger partial charge in [-0.2, -0.15) is 0 Å². The molecule has 11 heavy (non-hydrogen) atoms. The summed E-state index contributed by atoms with van der Waals surface area (Å²) in [4.78, 5) is 14.5. The Bertz CT molecular complexity index is 278. The van der Waals surface area contributed by atoms with Crippen molar-refractivity contribution >= 4 is 12.0 Å². The number of allylic oxidation sites excluding steroid dienone is 3. The van der Waals surface area contributed by atoms with Crippen LogP contribution >= 0.6 is 0 Å². The average molecular weight is 147 g/mol. The first-order valence-electron chi connectivity index (χ1n) is 3.42. The van der Waals surface area contributed by atoms with Crippen LogP contribution in [0.3, 0.4) is 0 Å². The Morgan fingerprint density at radius 1 is 1.73 bits per heavy atom. The highest BCUT2D eigenvalue weighted by atomic mass is 16.1. The standard InChI is InChI=1S/C9H9NO/c1-8(11)7-9-3-2-5-10-6-4-9/h3-6H,7H2,1H3. The van der Waals surface area contributed by atoms with Crippen molar-refractivity contribution in [3.63, 3.8) is 0 Å². The quantitative estimate of drug-likeness (QED) is 0.546. The minimum Gasteiger partial charge on any atom is -0.300 e. The van der Waals surface area contributed by atoms with E-state index in [1.165, 1.54) is 0 Å². The first kappa shape index (κ1) is 7.70. The Hall–Kier alpha value is -1.40. The molecular formula is C9H9NO. The second kappa shape index (κ2) is 3.69. The van der Waals surface area contributed by atoms with Crippen molar-refractivity contribution in [1.29, 1.82) is 0 Å². The highest BCUT2D eigenvalue weighted by Gasteiger charge is 1.96. The molecule has 1 aliphatic rings. The Labute approximate surface area is 65.6 Å². The van der Waals surface area contributed by atoms with Crippen molar-refractivity contribution in [2.24, 2.45) is 4.99 Å². The van der Waals surface area contributed by atoms with Gasteiger partial charge in [-0.3, -0.25) is 9.79 Å². The molecule has 0 atom stereocenters. The predicted molar refractivity (Wildman–Crippen MR) is 44.5 cm³/mol. The Kier molecular flexibility index (Phi) is 2.59. The number of rotatable bonds is 2. The van der Waals surface area contributed by atoms with E-state index in [0.717, 1.165) is 5.57 Å². The van der Waals surface area contributed by atoms with Crippen LogP contribution in [0.5, 0.6) is 0 Å². The van der Waals surface area contributed by atoms with Crippen LogP contribution in [0.25, 0.3) is 0 Å². The number of aliphatic imine (C=N–C) groups is 1. The highest BCUT2D eigenvalue weighted by Crippen LogP contribution is 2.03. The van der Waals surface area contributed by atoms with E-state index in [2.05, 4.69) is 10.7 Å². The van der Waals surface area contributed by atoms with Gasteiger partial charge in [0, 0.05) is 12.6 Å². The molecule has 1 rings (SSSR count). The van der Waals surface area contributed by atoms with Gasteiger partial charge in [0.05, 0.1) is 6.20 Å². The van der Waals surface area contributed by atoms with Gasteiger partial charge in [-0.1, -0.05) is 0 Å². The molecule has 0 fully saturated rings. The van der Waals surface area contributed by atoms with Crippen LogP contribution in [0.4, 0.5) is 0 Å². The molecule has 56 valence electrons. The molecule has 0 aliphatic carbocycles. The third kappa shape index (κ3) is 2.78. The third-order valence-corrected chi connectivity index (χ3v) is 1.25. The van der Waals surface area contributed by atoms with Crippen LogP contribution in [0.2, 0.25) is 0 Å².